The molecule has 0 aliphatic carbocycles. The number of unbranched alkanes of at least 4 members (excludes halogenated alkanes) is 5. The molecule has 0 aromatic rings. The van der Waals surface area contributed by atoms with Gasteiger partial charge in [0.25, 0.3) is 5.91 Å². The Morgan fingerprint density at radius 1 is 1.13 bits per heavy atom. The Morgan fingerprint density at radius 2 is 1.83 bits per heavy atom. The van der Waals surface area contributed by atoms with Gasteiger partial charge in [-0.1, -0.05) is 51.5 Å². The van der Waals surface area contributed by atoms with E-state index in [4.69, 9.17) is 4.74 Å². The van der Waals surface area contributed by atoms with Crippen molar-refractivity contribution in [1.29, 1.82) is 0 Å². The van der Waals surface area contributed by atoms with Crippen molar-refractivity contribution in [3.63, 3.8) is 0 Å². The molecule has 1 saturated heterocycles. The summed E-state index contributed by atoms with van der Waals surface area (Å²) in [6, 6.07) is 0. The summed E-state index contributed by atoms with van der Waals surface area (Å²) in [6.45, 7) is 6.26. The lowest BCUT2D eigenvalue weighted by atomic mass is 10.1. The predicted octanol–water partition coefficient (Wildman–Crippen LogP) is 4.41. The average molecular weight is 321 g/mol. The van der Waals surface area contributed by atoms with E-state index >= 15 is 0 Å². The first kappa shape index (κ1) is 19.5. The maximum absolute atomic E-state index is 12.0. The Kier molecular flexibility index (Phi) is 9.34. The van der Waals surface area contributed by atoms with Crippen molar-refractivity contribution < 1.29 is 14.3 Å². The molecule has 1 unspecified atom stereocenters. The van der Waals surface area contributed by atoms with Gasteiger partial charge in [0.2, 0.25) is 0 Å². The molecule has 23 heavy (non-hydrogen) atoms. The first-order chi connectivity index (χ1) is 11.1. The molecule has 0 radical (unpaired) electrons. The lowest BCUT2D eigenvalue weighted by Gasteiger charge is -2.05. The van der Waals surface area contributed by atoms with Crippen molar-refractivity contribution in [2.45, 2.75) is 84.7 Å². The molecular weight excluding hydrogens is 290 g/mol. The molecule has 0 spiro atoms. The summed E-state index contributed by atoms with van der Waals surface area (Å²) in [5.74, 6) is 0.0183. The van der Waals surface area contributed by atoms with Crippen LogP contribution in [0.25, 0.3) is 0 Å². The van der Waals surface area contributed by atoms with E-state index in [2.05, 4.69) is 19.2 Å². The highest BCUT2D eigenvalue weighted by atomic mass is 16.5. The van der Waals surface area contributed by atoms with Crippen LogP contribution in [0.3, 0.4) is 0 Å². The monoisotopic (exact) mass is 321 g/mol. The van der Waals surface area contributed by atoms with Crippen LogP contribution in [0.4, 0.5) is 0 Å². The fourth-order valence-electron chi connectivity index (χ4n) is 2.58. The van der Waals surface area contributed by atoms with Crippen molar-refractivity contribution in [3.8, 4) is 0 Å². The lowest BCUT2D eigenvalue weighted by molar-refractivity contribution is -0.123. The number of ketones is 1. The van der Waals surface area contributed by atoms with Crippen molar-refractivity contribution >= 4 is 11.7 Å². The second-order valence-electron chi connectivity index (χ2n) is 6.30. The van der Waals surface area contributed by atoms with Crippen LogP contribution in [0.1, 0.15) is 78.6 Å². The molecule has 1 aliphatic rings. The fraction of sp³-hybridized carbons (Fsp3) is 0.684. The molecule has 1 heterocycles. The smallest absolute Gasteiger partial charge is 0.267 e. The van der Waals surface area contributed by atoms with E-state index in [0.29, 0.717) is 6.42 Å². The van der Waals surface area contributed by atoms with Crippen molar-refractivity contribution in [1.82, 2.24) is 5.32 Å². The number of carbonyl (C=O) groups is 2. The van der Waals surface area contributed by atoms with Crippen LogP contribution in [0.5, 0.6) is 0 Å². The van der Waals surface area contributed by atoms with Crippen LogP contribution in [0.15, 0.2) is 23.6 Å². The number of nitrogens with one attached hydrogen (secondary N) is 1. The summed E-state index contributed by atoms with van der Waals surface area (Å²) < 4.78 is 5.50. The Balaban J connectivity index is 2.39. The summed E-state index contributed by atoms with van der Waals surface area (Å²) in [5, 5.41) is 2.63. The quantitative estimate of drug-likeness (QED) is 0.453. The predicted molar refractivity (Wildman–Crippen MR) is 92.8 cm³/mol. The van der Waals surface area contributed by atoms with Crippen LogP contribution in [0.2, 0.25) is 0 Å². The maximum Gasteiger partial charge on any atom is 0.267 e. The van der Waals surface area contributed by atoms with Gasteiger partial charge in [-0.3, -0.25) is 14.9 Å². The lowest BCUT2D eigenvalue weighted by Crippen LogP contribution is -2.22. The van der Waals surface area contributed by atoms with Crippen LogP contribution < -0.4 is 5.32 Å². The molecule has 0 bridgehead atoms. The minimum Gasteiger partial charge on any atom is -0.465 e. The molecule has 0 aromatic heterocycles. The van der Waals surface area contributed by atoms with E-state index in [9.17, 15) is 9.59 Å². The van der Waals surface area contributed by atoms with E-state index in [1.54, 1.807) is 6.08 Å². The number of hydrogen-bond acceptors (Lipinski definition) is 3. The first-order valence-corrected chi connectivity index (χ1v) is 8.97. The molecule has 1 N–H and O–H groups in total. The molecule has 1 rings (SSSR count). The zero-order chi connectivity index (χ0) is 17.1. The number of ether oxygens (including phenoxy) is 1. The van der Waals surface area contributed by atoms with E-state index in [1.165, 1.54) is 31.8 Å². The molecule has 4 nitrogen and oxygen atoms in total. The molecule has 1 fully saturated rings. The minimum absolute atomic E-state index is 0.123. The van der Waals surface area contributed by atoms with Gasteiger partial charge < -0.3 is 4.74 Å². The molecule has 1 aliphatic heterocycles. The van der Waals surface area contributed by atoms with Gasteiger partial charge in [-0.25, -0.2) is 0 Å². The van der Waals surface area contributed by atoms with E-state index in [0.717, 1.165) is 31.3 Å². The Labute approximate surface area is 140 Å². The number of carbonyl (C=O) groups excluding carboxylic acids is 2. The summed E-state index contributed by atoms with van der Waals surface area (Å²) in [6.07, 6.45) is 12.3. The third kappa shape index (κ3) is 8.00. The van der Waals surface area contributed by atoms with Crippen LogP contribution in [0, 0.1) is 0 Å². The SMILES string of the molecule is CCCCCCC/C(C)=C/C(=O)/C=C1/NC(=O)C(CCCC)O1. The van der Waals surface area contributed by atoms with Gasteiger partial charge in [0.1, 0.15) is 0 Å². The van der Waals surface area contributed by atoms with Gasteiger partial charge in [-0.05, 0) is 38.7 Å². The van der Waals surface area contributed by atoms with Crippen LogP contribution in [-0.2, 0) is 14.3 Å². The Morgan fingerprint density at radius 3 is 2.52 bits per heavy atom. The summed E-state index contributed by atoms with van der Waals surface area (Å²) in [4.78, 5) is 23.7. The van der Waals surface area contributed by atoms with Gasteiger partial charge in [-0.15, -0.1) is 0 Å². The van der Waals surface area contributed by atoms with E-state index in [1.807, 2.05) is 6.92 Å². The zero-order valence-corrected chi connectivity index (χ0v) is 14.8. The summed E-state index contributed by atoms with van der Waals surface area (Å²) in [7, 11) is 0. The molecular formula is C19H31NO3. The first-order valence-electron chi connectivity index (χ1n) is 8.97. The minimum atomic E-state index is -0.447. The van der Waals surface area contributed by atoms with Gasteiger partial charge in [0.15, 0.2) is 17.8 Å². The van der Waals surface area contributed by atoms with Gasteiger partial charge in [0, 0.05) is 6.08 Å². The van der Waals surface area contributed by atoms with Gasteiger partial charge in [-0.2, -0.15) is 0 Å². The number of allylic oxidation sites excluding steroid dienone is 3. The molecule has 4 heteroatoms. The average Bonchev–Trinajstić information content (AvgIpc) is 2.84. The topological polar surface area (TPSA) is 55.4 Å². The van der Waals surface area contributed by atoms with E-state index < -0.39 is 6.10 Å². The number of amides is 1. The standard InChI is InChI=1S/C19H31NO3/c1-4-6-8-9-10-11-15(3)13-16(21)14-18-20-19(22)17(23-18)12-7-5-2/h13-14,17H,4-12H2,1-3H3,(H,20,22)/b15-13+,18-14-. The van der Waals surface area contributed by atoms with Gasteiger partial charge >= 0.3 is 0 Å². The normalized spacial score (nSPS) is 19.8. The molecule has 1 atom stereocenters. The highest BCUT2D eigenvalue weighted by molar-refractivity contribution is 6.00. The largest absolute Gasteiger partial charge is 0.465 e. The highest BCUT2D eigenvalue weighted by Gasteiger charge is 2.29. The van der Waals surface area contributed by atoms with Crippen molar-refractivity contribution in [3.05, 3.63) is 23.6 Å². The zero-order valence-electron chi connectivity index (χ0n) is 14.8. The van der Waals surface area contributed by atoms with E-state index in [-0.39, 0.29) is 17.6 Å². The highest BCUT2D eigenvalue weighted by Crippen LogP contribution is 2.16. The number of rotatable bonds is 11. The third-order valence-corrected chi connectivity index (χ3v) is 3.96. The maximum atomic E-state index is 12.0. The summed E-state index contributed by atoms with van der Waals surface area (Å²) >= 11 is 0. The second-order valence-corrected chi connectivity index (χ2v) is 6.30. The molecule has 1 amide bonds. The number of hydrogen-bond donors (Lipinski definition) is 1. The molecule has 130 valence electrons. The third-order valence-electron chi connectivity index (χ3n) is 3.96. The molecule has 0 aromatic carbocycles. The summed E-state index contributed by atoms with van der Waals surface area (Å²) in [5.41, 5.74) is 1.08. The van der Waals surface area contributed by atoms with Crippen molar-refractivity contribution in [2.24, 2.45) is 0 Å². The van der Waals surface area contributed by atoms with Gasteiger partial charge in [0.05, 0.1) is 0 Å². The fourth-order valence-corrected chi connectivity index (χ4v) is 2.58. The molecule has 0 saturated carbocycles. The Bertz CT molecular complexity index is 452. The van der Waals surface area contributed by atoms with Crippen LogP contribution in [-0.4, -0.2) is 17.8 Å². The van der Waals surface area contributed by atoms with Crippen LogP contribution >= 0.6 is 0 Å². The Hall–Kier alpha value is -1.58. The second kappa shape index (κ2) is 11.0. The van der Waals surface area contributed by atoms with Crippen molar-refractivity contribution in [2.75, 3.05) is 0 Å².